The van der Waals surface area contributed by atoms with Crippen LogP contribution in [0.15, 0.2) is 54.7 Å². The van der Waals surface area contributed by atoms with Crippen LogP contribution in [-0.2, 0) is 6.18 Å². The van der Waals surface area contributed by atoms with Crippen LogP contribution in [0, 0.1) is 6.92 Å². The van der Waals surface area contributed by atoms with Gasteiger partial charge < -0.3 is 15.4 Å². The standard InChI is InChI=1S/C25H28F3N5O/c1-3-21-11-12-33(21)13-14-34-22-9-7-19(8-10-22)31-24-29-16-17(2)23(32-24)30-20-6-4-5-18(15-20)25(26,27)28/h4-10,15-16,21H,3,11-14H2,1-2H3,(H2,29,30,31,32). The van der Waals surface area contributed by atoms with Crippen molar-refractivity contribution in [2.24, 2.45) is 0 Å². The summed E-state index contributed by atoms with van der Waals surface area (Å²) >= 11 is 0. The predicted octanol–water partition coefficient (Wildman–Crippen LogP) is 6.15. The third-order valence-corrected chi connectivity index (χ3v) is 5.92. The summed E-state index contributed by atoms with van der Waals surface area (Å²) in [6.45, 7) is 6.72. The lowest BCUT2D eigenvalue weighted by atomic mass is 10.0. The quantitative estimate of drug-likeness (QED) is 0.390. The molecule has 1 atom stereocenters. The average molecular weight is 472 g/mol. The zero-order valence-electron chi connectivity index (χ0n) is 19.2. The van der Waals surface area contributed by atoms with Crippen LogP contribution in [0.5, 0.6) is 5.75 Å². The van der Waals surface area contributed by atoms with E-state index in [4.69, 9.17) is 4.74 Å². The highest BCUT2D eigenvalue weighted by atomic mass is 19.4. The van der Waals surface area contributed by atoms with Gasteiger partial charge in [0.25, 0.3) is 0 Å². The van der Waals surface area contributed by atoms with Crippen LogP contribution in [0.4, 0.5) is 36.3 Å². The van der Waals surface area contributed by atoms with Gasteiger partial charge in [0.1, 0.15) is 18.2 Å². The fourth-order valence-corrected chi connectivity index (χ4v) is 3.83. The molecule has 1 aliphatic rings. The van der Waals surface area contributed by atoms with Gasteiger partial charge in [-0.2, -0.15) is 18.2 Å². The van der Waals surface area contributed by atoms with E-state index in [0.29, 0.717) is 35.7 Å². The normalized spacial score (nSPS) is 16.1. The minimum atomic E-state index is -4.41. The number of alkyl halides is 3. The van der Waals surface area contributed by atoms with Gasteiger partial charge in [0, 0.05) is 42.3 Å². The molecular weight excluding hydrogens is 443 g/mol. The Morgan fingerprint density at radius 2 is 1.88 bits per heavy atom. The van der Waals surface area contributed by atoms with Gasteiger partial charge in [-0.3, -0.25) is 4.90 Å². The molecule has 0 spiro atoms. The summed E-state index contributed by atoms with van der Waals surface area (Å²) in [5, 5.41) is 6.07. The van der Waals surface area contributed by atoms with Gasteiger partial charge in [-0.25, -0.2) is 4.98 Å². The van der Waals surface area contributed by atoms with Crippen LogP contribution in [0.3, 0.4) is 0 Å². The van der Waals surface area contributed by atoms with Crippen LogP contribution in [0.1, 0.15) is 30.9 Å². The molecule has 1 saturated heterocycles. The molecule has 6 nitrogen and oxygen atoms in total. The molecule has 0 aliphatic carbocycles. The Balaban J connectivity index is 1.35. The molecule has 1 aromatic heterocycles. The second-order valence-corrected chi connectivity index (χ2v) is 8.31. The van der Waals surface area contributed by atoms with Crippen molar-refractivity contribution in [1.29, 1.82) is 0 Å². The highest BCUT2D eigenvalue weighted by Gasteiger charge is 2.30. The maximum Gasteiger partial charge on any atom is 0.416 e. The summed E-state index contributed by atoms with van der Waals surface area (Å²) < 4.78 is 44.9. The van der Waals surface area contributed by atoms with Crippen LogP contribution >= 0.6 is 0 Å². The minimum Gasteiger partial charge on any atom is -0.492 e. The predicted molar refractivity (Wildman–Crippen MR) is 127 cm³/mol. The molecule has 0 amide bonds. The Hall–Kier alpha value is -3.33. The Labute approximate surface area is 197 Å². The molecule has 34 heavy (non-hydrogen) atoms. The molecule has 1 fully saturated rings. The molecular formula is C25H28F3N5O. The Morgan fingerprint density at radius 3 is 2.56 bits per heavy atom. The fraction of sp³-hybridized carbons (Fsp3) is 0.360. The fourth-order valence-electron chi connectivity index (χ4n) is 3.83. The Kier molecular flexibility index (Phi) is 7.21. The molecule has 4 rings (SSSR count). The monoisotopic (exact) mass is 471 g/mol. The first kappa shape index (κ1) is 23.8. The number of likely N-dealkylation sites (tertiary alicyclic amines) is 1. The van der Waals surface area contributed by atoms with Crippen LogP contribution in [0.25, 0.3) is 0 Å². The van der Waals surface area contributed by atoms with Gasteiger partial charge in [0.15, 0.2) is 0 Å². The number of benzene rings is 2. The average Bonchev–Trinajstić information content (AvgIpc) is 2.79. The molecule has 0 saturated carbocycles. The van der Waals surface area contributed by atoms with Crippen molar-refractivity contribution in [3.63, 3.8) is 0 Å². The first-order valence-corrected chi connectivity index (χ1v) is 11.3. The van der Waals surface area contributed by atoms with Crippen molar-refractivity contribution in [2.45, 2.75) is 38.9 Å². The van der Waals surface area contributed by atoms with Gasteiger partial charge in [0.2, 0.25) is 5.95 Å². The molecule has 1 aliphatic heterocycles. The van der Waals surface area contributed by atoms with Crippen molar-refractivity contribution in [2.75, 3.05) is 30.3 Å². The number of halogens is 3. The maximum absolute atomic E-state index is 13.0. The van der Waals surface area contributed by atoms with Gasteiger partial charge in [-0.1, -0.05) is 13.0 Å². The topological polar surface area (TPSA) is 62.3 Å². The third kappa shape index (κ3) is 5.96. The number of nitrogens with zero attached hydrogens (tertiary/aromatic N) is 3. The molecule has 2 N–H and O–H groups in total. The Morgan fingerprint density at radius 1 is 1.09 bits per heavy atom. The van der Waals surface area contributed by atoms with E-state index in [1.54, 1.807) is 19.2 Å². The van der Waals surface area contributed by atoms with E-state index in [-0.39, 0.29) is 0 Å². The van der Waals surface area contributed by atoms with Gasteiger partial charge in [0.05, 0.1) is 5.56 Å². The van der Waals surface area contributed by atoms with Crippen LogP contribution in [0.2, 0.25) is 0 Å². The molecule has 180 valence electrons. The summed E-state index contributed by atoms with van der Waals surface area (Å²) in [4.78, 5) is 11.1. The summed E-state index contributed by atoms with van der Waals surface area (Å²) in [5.74, 6) is 1.54. The van der Waals surface area contributed by atoms with E-state index in [9.17, 15) is 13.2 Å². The van der Waals surface area contributed by atoms with Crippen molar-refractivity contribution in [1.82, 2.24) is 14.9 Å². The maximum atomic E-state index is 13.0. The molecule has 0 bridgehead atoms. The van der Waals surface area contributed by atoms with Crippen molar-refractivity contribution in [3.05, 3.63) is 65.9 Å². The lowest BCUT2D eigenvalue weighted by molar-refractivity contribution is -0.137. The van der Waals surface area contributed by atoms with Crippen molar-refractivity contribution >= 4 is 23.1 Å². The molecule has 0 radical (unpaired) electrons. The third-order valence-electron chi connectivity index (χ3n) is 5.92. The molecule has 1 unspecified atom stereocenters. The van der Waals surface area contributed by atoms with Gasteiger partial charge in [-0.05, 0) is 62.2 Å². The zero-order chi connectivity index (χ0) is 24.1. The van der Waals surface area contributed by atoms with Gasteiger partial charge >= 0.3 is 6.18 Å². The number of hydrogen-bond donors (Lipinski definition) is 2. The summed E-state index contributed by atoms with van der Waals surface area (Å²) in [5.41, 5.74) is 1.06. The molecule has 9 heteroatoms. The number of rotatable bonds is 9. The Bertz CT molecular complexity index is 1100. The largest absolute Gasteiger partial charge is 0.492 e. The smallest absolute Gasteiger partial charge is 0.416 e. The number of nitrogens with one attached hydrogen (secondary N) is 2. The number of hydrogen-bond acceptors (Lipinski definition) is 6. The lowest BCUT2D eigenvalue weighted by Gasteiger charge is -2.40. The minimum absolute atomic E-state index is 0.299. The first-order chi connectivity index (χ1) is 16.3. The molecule has 2 heterocycles. The van der Waals surface area contributed by atoms with Gasteiger partial charge in [-0.15, -0.1) is 0 Å². The van der Waals surface area contributed by atoms with Crippen molar-refractivity contribution < 1.29 is 17.9 Å². The number of anilines is 4. The van der Waals surface area contributed by atoms with Crippen LogP contribution in [-0.4, -0.2) is 40.6 Å². The number of ether oxygens (including phenoxy) is 1. The number of aromatic nitrogens is 2. The second kappa shape index (κ2) is 10.3. The van der Waals surface area contributed by atoms with E-state index in [0.717, 1.165) is 36.7 Å². The summed E-state index contributed by atoms with van der Waals surface area (Å²) in [6, 6.07) is 13.2. The lowest BCUT2D eigenvalue weighted by Crippen LogP contribution is -2.48. The highest BCUT2D eigenvalue weighted by molar-refractivity contribution is 5.62. The highest BCUT2D eigenvalue weighted by Crippen LogP contribution is 2.31. The SMILES string of the molecule is CCC1CCN1CCOc1ccc(Nc2ncc(C)c(Nc3cccc(C(F)(F)F)c3)n2)cc1. The van der Waals surface area contributed by atoms with Crippen LogP contribution < -0.4 is 15.4 Å². The summed E-state index contributed by atoms with van der Waals surface area (Å²) in [7, 11) is 0. The van der Waals surface area contributed by atoms with E-state index in [1.807, 2.05) is 24.3 Å². The van der Waals surface area contributed by atoms with E-state index < -0.39 is 11.7 Å². The number of aryl methyl sites for hydroxylation is 1. The second-order valence-electron chi connectivity index (χ2n) is 8.31. The van der Waals surface area contributed by atoms with E-state index in [1.165, 1.54) is 18.9 Å². The first-order valence-electron chi connectivity index (χ1n) is 11.3. The van der Waals surface area contributed by atoms with Crippen molar-refractivity contribution in [3.8, 4) is 5.75 Å². The molecule has 2 aromatic carbocycles. The zero-order valence-corrected chi connectivity index (χ0v) is 19.2. The van der Waals surface area contributed by atoms with E-state index >= 15 is 0 Å². The van der Waals surface area contributed by atoms with E-state index in [2.05, 4.69) is 32.4 Å². The summed E-state index contributed by atoms with van der Waals surface area (Å²) in [6.07, 6.45) is -0.344. The molecule has 3 aromatic rings.